The van der Waals surface area contributed by atoms with Crippen LogP contribution in [0.4, 0.5) is 0 Å². The van der Waals surface area contributed by atoms with Gasteiger partial charge >= 0.3 is 0 Å². The summed E-state index contributed by atoms with van der Waals surface area (Å²) in [6.45, 7) is 0.155. The maximum atomic E-state index is 13.7. The zero-order chi connectivity index (χ0) is 25.9. The third kappa shape index (κ3) is 7.84. The fourth-order valence-electron chi connectivity index (χ4n) is 4.78. The van der Waals surface area contributed by atoms with Gasteiger partial charge in [-0.25, -0.2) is 0 Å². The van der Waals surface area contributed by atoms with E-state index in [4.69, 9.17) is 9.47 Å². The van der Waals surface area contributed by atoms with Crippen LogP contribution >= 0.6 is 0 Å². The van der Waals surface area contributed by atoms with Crippen LogP contribution in [0, 0.1) is 0 Å². The van der Waals surface area contributed by atoms with Crippen molar-refractivity contribution in [2.24, 2.45) is 0 Å². The Kier molecular flexibility index (Phi) is 9.58. The number of carbonyl (C=O) groups is 2. The molecule has 0 aromatic heterocycles. The molecule has 1 aliphatic carbocycles. The largest absolute Gasteiger partial charge is 0.497 e. The predicted octanol–water partition coefficient (Wildman–Crippen LogP) is 5.16. The van der Waals surface area contributed by atoms with E-state index in [1.807, 2.05) is 60.7 Å². The molecule has 6 heteroatoms. The van der Waals surface area contributed by atoms with Crippen molar-refractivity contribution >= 4 is 11.8 Å². The van der Waals surface area contributed by atoms with Crippen LogP contribution in [0.1, 0.15) is 43.2 Å². The lowest BCUT2D eigenvalue weighted by atomic mass is 9.94. The molecule has 0 bridgehead atoms. The molecular formula is C31H36N2O4. The van der Waals surface area contributed by atoms with E-state index in [0.717, 1.165) is 36.8 Å². The van der Waals surface area contributed by atoms with Crippen molar-refractivity contribution in [1.29, 1.82) is 0 Å². The third-order valence-electron chi connectivity index (χ3n) is 6.84. The molecule has 3 aromatic rings. The van der Waals surface area contributed by atoms with Gasteiger partial charge in [0, 0.05) is 19.0 Å². The molecule has 1 N–H and O–H groups in total. The highest BCUT2D eigenvalue weighted by molar-refractivity contribution is 5.88. The fourth-order valence-corrected chi connectivity index (χ4v) is 4.78. The quantitative estimate of drug-likeness (QED) is 0.395. The van der Waals surface area contributed by atoms with Crippen LogP contribution in [0.3, 0.4) is 0 Å². The second-order valence-electron chi connectivity index (χ2n) is 9.52. The summed E-state index contributed by atoms with van der Waals surface area (Å²) in [7, 11) is 1.60. The van der Waals surface area contributed by atoms with Crippen molar-refractivity contribution in [1.82, 2.24) is 10.2 Å². The van der Waals surface area contributed by atoms with Gasteiger partial charge in [0.1, 0.15) is 17.5 Å². The fraction of sp³-hybridized carbons (Fsp3) is 0.355. The minimum absolute atomic E-state index is 0.107. The van der Waals surface area contributed by atoms with Gasteiger partial charge < -0.3 is 19.7 Å². The monoisotopic (exact) mass is 500 g/mol. The number of hydrogen-bond acceptors (Lipinski definition) is 4. The molecule has 0 aliphatic heterocycles. The molecule has 0 radical (unpaired) electrons. The molecule has 37 heavy (non-hydrogen) atoms. The molecule has 4 rings (SSSR count). The Hall–Kier alpha value is -3.80. The SMILES string of the molecule is COc1ccc(OCC(=O)N(Cc2ccccc2)[C@@H](Cc2ccccc2)C(=O)NC2CCCCC2)cc1. The Morgan fingerprint density at radius 3 is 2.05 bits per heavy atom. The first-order valence-corrected chi connectivity index (χ1v) is 13.1. The van der Waals surface area contributed by atoms with Gasteiger partial charge in [0.05, 0.1) is 7.11 Å². The summed E-state index contributed by atoms with van der Waals surface area (Å²) < 4.78 is 11.0. The van der Waals surface area contributed by atoms with E-state index in [-0.39, 0.29) is 24.5 Å². The van der Waals surface area contributed by atoms with Crippen LogP contribution < -0.4 is 14.8 Å². The van der Waals surface area contributed by atoms with Crippen molar-refractivity contribution < 1.29 is 19.1 Å². The normalized spacial score (nSPS) is 14.4. The van der Waals surface area contributed by atoms with Gasteiger partial charge in [-0.2, -0.15) is 0 Å². The average molecular weight is 501 g/mol. The van der Waals surface area contributed by atoms with E-state index in [1.165, 1.54) is 6.42 Å². The Labute approximate surface area is 219 Å². The molecule has 0 spiro atoms. The summed E-state index contributed by atoms with van der Waals surface area (Å²) in [6.07, 6.45) is 5.85. The second kappa shape index (κ2) is 13.5. The third-order valence-corrected chi connectivity index (χ3v) is 6.84. The van der Waals surface area contributed by atoms with Crippen LogP contribution in [0.25, 0.3) is 0 Å². The number of methoxy groups -OCH3 is 1. The zero-order valence-corrected chi connectivity index (χ0v) is 21.5. The van der Waals surface area contributed by atoms with Crippen LogP contribution in [-0.4, -0.2) is 42.5 Å². The average Bonchev–Trinajstić information content (AvgIpc) is 2.95. The van der Waals surface area contributed by atoms with Crippen LogP contribution in [0.5, 0.6) is 11.5 Å². The number of amides is 2. The Morgan fingerprint density at radius 2 is 1.43 bits per heavy atom. The number of ether oxygens (including phenoxy) is 2. The highest BCUT2D eigenvalue weighted by Crippen LogP contribution is 2.21. The lowest BCUT2D eigenvalue weighted by Gasteiger charge is -2.33. The van der Waals surface area contributed by atoms with E-state index < -0.39 is 6.04 Å². The molecule has 0 unspecified atom stereocenters. The van der Waals surface area contributed by atoms with Gasteiger partial charge in [0.15, 0.2) is 6.61 Å². The molecular weight excluding hydrogens is 464 g/mol. The number of benzene rings is 3. The smallest absolute Gasteiger partial charge is 0.261 e. The lowest BCUT2D eigenvalue weighted by Crippen LogP contribution is -2.53. The van der Waals surface area contributed by atoms with Crippen molar-refractivity contribution in [3.8, 4) is 11.5 Å². The maximum Gasteiger partial charge on any atom is 0.261 e. The molecule has 6 nitrogen and oxygen atoms in total. The minimum atomic E-state index is -0.656. The summed E-state index contributed by atoms with van der Waals surface area (Å²) >= 11 is 0. The van der Waals surface area contributed by atoms with Gasteiger partial charge in [-0.15, -0.1) is 0 Å². The first kappa shape index (κ1) is 26.3. The lowest BCUT2D eigenvalue weighted by molar-refractivity contribution is -0.143. The van der Waals surface area contributed by atoms with E-state index in [0.29, 0.717) is 24.5 Å². The highest BCUT2D eigenvalue weighted by atomic mass is 16.5. The van der Waals surface area contributed by atoms with Gasteiger partial charge in [0.25, 0.3) is 5.91 Å². The van der Waals surface area contributed by atoms with Crippen molar-refractivity contribution in [2.45, 2.75) is 57.2 Å². The molecule has 1 aliphatic rings. The molecule has 194 valence electrons. The zero-order valence-electron chi connectivity index (χ0n) is 21.5. The summed E-state index contributed by atoms with van der Waals surface area (Å²) in [6, 6.07) is 26.3. The van der Waals surface area contributed by atoms with Gasteiger partial charge in [-0.05, 0) is 48.2 Å². The molecule has 3 aromatic carbocycles. The molecule has 2 amide bonds. The van der Waals surface area contributed by atoms with E-state index in [1.54, 1.807) is 36.3 Å². The summed E-state index contributed by atoms with van der Waals surface area (Å²) in [5.41, 5.74) is 1.97. The predicted molar refractivity (Wildman–Crippen MR) is 144 cm³/mol. The van der Waals surface area contributed by atoms with E-state index in [9.17, 15) is 9.59 Å². The summed E-state index contributed by atoms with van der Waals surface area (Å²) in [5, 5.41) is 3.26. The molecule has 0 saturated heterocycles. The standard InChI is InChI=1S/C31H36N2O4/c1-36-27-17-19-28(20-18-27)37-23-30(34)33(22-25-13-7-3-8-14-25)29(21-24-11-5-2-6-12-24)31(35)32-26-15-9-4-10-16-26/h2-3,5-8,11-14,17-20,26,29H,4,9-10,15-16,21-23H2,1H3,(H,32,35)/t29-/m0/s1. The number of nitrogens with zero attached hydrogens (tertiary/aromatic N) is 1. The summed E-state index contributed by atoms with van der Waals surface area (Å²) in [4.78, 5) is 29.1. The molecule has 1 fully saturated rings. The molecule has 0 heterocycles. The second-order valence-corrected chi connectivity index (χ2v) is 9.52. The van der Waals surface area contributed by atoms with Crippen LogP contribution in [0.2, 0.25) is 0 Å². The van der Waals surface area contributed by atoms with Gasteiger partial charge in [-0.1, -0.05) is 79.9 Å². The van der Waals surface area contributed by atoms with Crippen molar-refractivity contribution in [3.63, 3.8) is 0 Å². The van der Waals surface area contributed by atoms with Crippen LogP contribution in [-0.2, 0) is 22.6 Å². The number of carbonyl (C=O) groups excluding carboxylic acids is 2. The Balaban J connectivity index is 1.57. The van der Waals surface area contributed by atoms with Gasteiger partial charge in [-0.3, -0.25) is 9.59 Å². The Morgan fingerprint density at radius 1 is 0.838 bits per heavy atom. The highest BCUT2D eigenvalue weighted by Gasteiger charge is 2.32. The topological polar surface area (TPSA) is 67.9 Å². The summed E-state index contributed by atoms with van der Waals surface area (Å²) in [5.74, 6) is 0.940. The van der Waals surface area contributed by atoms with Gasteiger partial charge in [0.2, 0.25) is 5.91 Å². The number of nitrogens with one attached hydrogen (secondary N) is 1. The first-order valence-electron chi connectivity index (χ1n) is 13.1. The first-order chi connectivity index (χ1) is 18.1. The molecule has 1 atom stereocenters. The van der Waals surface area contributed by atoms with E-state index in [2.05, 4.69) is 5.32 Å². The van der Waals surface area contributed by atoms with Crippen molar-refractivity contribution in [2.75, 3.05) is 13.7 Å². The maximum absolute atomic E-state index is 13.7. The van der Waals surface area contributed by atoms with E-state index >= 15 is 0 Å². The molecule has 1 saturated carbocycles. The number of hydrogen-bond donors (Lipinski definition) is 1. The number of rotatable bonds is 11. The Bertz CT molecular complexity index is 1110. The minimum Gasteiger partial charge on any atom is -0.497 e. The van der Waals surface area contributed by atoms with Crippen LogP contribution in [0.15, 0.2) is 84.9 Å². The van der Waals surface area contributed by atoms with Crippen molar-refractivity contribution in [3.05, 3.63) is 96.1 Å².